The van der Waals surface area contributed by atoms with Gasteiger partial charge in [-0.25, -0.2) is 0 Å². The largest absolute Gasteiger partial charge is 0.497 e. The Morgan fingerprint density at radius 2 is 1.76 bits per heavy atom. The van der Waals surface area contributed by atoms with Crippen LogP contribution in [-0.2, 0) is 11.3 Å². The smallest absolute Gasteiger partial charge is 0.251 e. The zero-order valence-corrected chi connectivity index (χ0v) is 20.2. The number of nitrogens with zero attached hydrogens (tertiary/aromatic N) is 2. The van der Waals surface area contributed by atoms with Crippen LogP contribution in [0, 0.1) is 5.92 Å². The zero-order valence-electron chi connectivity index (χ0n) is 20.2. The van der Waals surface area contributed by atoms with Gasteiger partial charge in [0.15, 0.2) is 0 Å². The summed E-state index contributed by atoms with van der Waals surface area (Å²) in [5.74, 6) is 1.06. The van der Waals surface area contributed by atoms with Gasteiger partial charge in [-0.2, -0.15) is 0 Å². The molecule has 2 aliphatic heterocycles. The van der Waals surface area contributed by atoms with Crippen LogP contribution in [0.2, 0.25) is 0 Å². The fraction of sp³-hybridized carbons (Fsp3) is 0.414. The maximum absolute atomic E-state index is 13.6. The Kier molecular flexibility index (Phi) is 7.66. The van der Waals surface area contributed by atoms with Crippen LogP contribution >= 0.6 is 0 Å². The van der Waals surface area contributed by atoms with Gasteiger partial charge in [0.05, 0.1) is 7.11 Å². The van der Waals surface area contributed by atoms with E-state index >= 15 is 0 Å². The molecule has 4 nitrogen and oxygen atoms in total. The summed E-state index contributed by atoms with van der Waals surface area (Å²) in [5, 5.41) is 0. The predicted octanol–water partition coefficient (Wildman–Crippen LogP) is 5.56. The van der Waals surface area contributed by atoms with E-state index in [4.69, 9.17) is 4.74 Å². The van der Waals surface area contributed by atoms with Crippen molar-refractivity contribution in [1.29, 1.82) is 0 Å². The molecule has 2 aromatic carbocycles. The number of allylic oxidation sites excluding steroid dienone is 1. The van der Waals surface area contributed by atoms with Gasteiger partial charge in [0.1, 0.15) is 5.75 Å². The van der Waals surface area contributed by atoms with E-state index in [1.807, 2.05) is 47.4 Å². The number of hydrogen-bond acceptors (Lipinski definition) is 3. The normalized spacial score (nSPS) is 22.1. The zero-order chi connectivity index (χ0) is 23.2. The van der Waals surface area contributed by atoms with Gasteiger partial charge in [-0.3, -0.25) is 9.69 Å². The van der Waals surface area contributed by atoms with Crippen LogP contribution in [0.15, 0.2) is 72.3 Å². The average molecular weight is 445 g/mol. The third-order valence-electron chi connectivity index (χ3n) is 7.04. The summed E-state index contributed by atoms with van der Waals surface area (Å²) in [7, 11) is 1.67. The molecule has 0 spiro atoms. The minimum atomic E-state index is 0.0931. The van der Waals surface area contributed by atoms with Crippen LogP contribution < -0.4 is 4.74 Å². The Bertz CT molecular complexity index is 988. The van der Waals surface area contributed by atoms with E-state index in [-0.39, 0.29) is 11.8 Å². The Morgan fingerprint density at radius 1 is 1.06 bits per heavy atom. The van der Waals surface area contributed by atoms with Crippen molar-refractivity contribution in [3.8, 4) is 5.75 Å². The van der Waals surface area contributed by atoms with Gasteiger partial charge < -0.3 is 9.64 Å². The lowest BCUT2D eigenvalue weighted by Gasteiger charge is -2.30. The van der Waals surface area contributed by atoms with Gasteiger partial charge in [-0.05, 0) is 68.6 Å². The lowest BCUT2D eigenvalue weighted by molar-refractivity contribution is -0.125. The first kappa shape index (κ1) is 23.3. The molecule has 2 unspecified atom stereocenters. The van der Waals surface area contributed by atoms with Crippen LogP contribution in [0.4, 0.5) is 0 Å². The van der Waals surface area contributed by atoms with E-state index in [0.29, 0.717) is 12.6 Å². The number of ether oxygens (including phenoxy) is 1. The van der Waals surface area contributed by atoms with Gasteiger partial charge in [0.25, 0.3) is 5.91 Å². The first-order valence-electron chi connectivity index (χ1n) is 12.2. The molecule has 2 aromatic rings. The highest BCUT2D eigenvalue weighted by Gasteiger charge is 2.35. The van der Waals surface area contributed by atoms with Crippen LogP contribution in [0.1, 0.15) is 44.2 Å². The highest BCUT2D eigenvalue weighted by Crippen LogP contribution is 2.34. The summed E-state index contributed by atoms with van der Waals surface area (Å²) in [6.07, 6.45) is 8.51. The highest BCUT2D eigenvalue weighted by molar-refractivity contribution is 6.03. The lowest BCUT2D eigenvalue weighted by atomic mass is 9.92. The Hall–Kier alpha value is -2.85. The molecule has 4 rings (SSSR count). The fourth-order valence-electron chi connectivity index (χ4n) is 5.02. The molecule has 2 atom stereocenters. The first-order chi connectivity index (χ1) is 16.1. The molecule has 2 aliphatic rings. The Balaban J connectivity index is 1.61. The topological polar surface area (TPSA) is 32.8 Å². The van der Waals surface area contributed by atoms with Crippen LogP contribution in [0.3, 0.4) is 0 Å². The van der Waals surface area contributed by atoms with Crippen molar-refractivity contribution in [2.75, 3.05) is 26.7 Å². The summed E-state index contributed by atoms with van der Waals surface area (Å²) in [6.45, 7) is 8.06. The van der Waals surface area contributed by atoms with Crippen molar-refractivity contribution >= 4 is 11.5 Å². The Morgan fingerprint density at radius 3 is 2.42 bits per heavy atom. The second-order valence-corrected chi connectivity index (χ2v) is 9.27. The summed E-state index contributed by atoms with van der Waals surface area (Å²) in [5.41, 5.74) is 4.21. The number of hydrogen-bond donors (Lipinski definition) is 0. The third kappa shape index (κ3) is 5.56. The van der Waals surface area contributed by atoms with Gasteiger partial charge in [-0.1, -0.05) is 61.0 Å². The van der Waals surface area contributed by atoms with Gasteiger partial charge in [0.2, 0.25) is 0 Å². The minimum absolute atomic E-state index is 0.0931. The molecule has 0 N–H and O–H groups in total. The number of methoxy groups -OCH3 is 1. The predicted molar refractivity (Wildman–Crippen MR) is 135 cm³/mol. The number of carbonyl (C=O) groups excluding carboxylic acids is 1. The molecule has 2 fully saturated rings. The maximum atomic E-state index is 13.6. The molecule has 0 aliphatic carbocycles. The third-order valence-corrected chi connectivity index (χ3v) is 7.04. The first-order valence-corrected chi connectivity index (χ1v) is 12.2. The Labute approximate surface area is 198 Å². The highest BCUT2D eigenvalue weighted by atomic mass is 16.5. The summed E-state index contributed by atoms with van der Waals surface area (Å²) in [6, 6.07) is 18.7. The molecule has 174 valence electrons. The van der Waals surface area contributed by atoms with Crippen molar-refractivity contribution in [3.05, 3.63) is 83.4 Å². The number of piperidine rings is 1. The van der Waals surface area contributed by atoms with Crippen LogP contribution in [0.5, 0.6) is 5.75 Å². The van der Waals surface area contributed by atoms with Crippen LogP contribution in [0.25, 0.3) is 5.57 Å². The molecular formula is C29H36N2O2. The summed E-state index contributed by atoms with van der Waals surface area (Å²) in [4.78, 5) is 18.2. The van der Waals surface area contributed by atoms with Gasteiger partial charge in [0, 0.05) is 30.6 Å². The monoisotopic (exact) mass is 444 g/mol. The molecule has 2 saturated heterocycles. The SMILES string of the molecule is COc1ccc(/C(C)=C2\C(=O)N(Cc3ccccc3)CC2/C=C/C(C)N2CCCCC2)cc1. The van der Waals surface area contributed by atoms with Crippen molar-refractivity contribution in [3.63, 3.8) is 0 Å². The van der Waals surface area contributed by atoms with E-state index in [0.717, 1.165) is 29.0 Å². The van der Waals surface area contributed by atoms with E-state index < -0.39 is 0 Å². The van der Waals surface area contributed by atoms with Crippen molar-refractivity contribution in [1.82, 2.24) is 9.80 Å². The van der Waals surface area contributed by atoms with Gasteiger partial charge >= 0.3 is 0 Å². The lowest BCUT2D eigenvalue weighted by Crippen LogP contribution is -2.36. The second-order valence-electron chi connectivity index (χ2n) is 9.27. The fourth-order valence-corrected chi connectivity index (χ4v) is 5.02. The van der Waals surface area contributed by atoms with Crippen LogP contribution in [-0.4, -0.2) is 48.5 Å². The number of rotatable bonds is 7. The van der Waals surface area contributed by atoms with Crippen molar-refractivity contribution < 1.29 is 9.53 Å². The molecule has 33 heavy (non-hydrogen) atoms. The van der Waals surface area contributed by atoms with E-state index in [2.05, 4.69) is 43.0 Å². The standard InChI is InChI=1S/C29H36N2O2/c1-22(30-18-8-5-9-19-30)12-13-26-21-31(20-24-10-6-4-7-11-24)29(32)28(26)23(2)25-14-16-27(33-3)17-15-25/h4,6-7,10-17,22,26H,5,8-9,18-21H2,1-3H3/b13-12+,28-23-. The number of benzene rings is 2. The maximum Gasteiger partial charge on any atom is 0.251 e. The van der Waals surface area contributed by atoms with E-state index in [1.165, 1.54) is 37.9 Å². The minimum Gasteiger partial charge on any atom is -0.497 e. The molecule has 1 amide bonds. The average Bonchev–Trinajstić information content (AvgIpc) is 3.17. The molecular weight excluding hydrogens is 408 g/mol. The number of carbonyl (C=O) groups is 1. The number of likely N-dealkylation sites (tertiary alicyclic amines) is 2. The second kappa shape index (κ2) is 10.8. The molecule has 0 radical (unpaired) electrons. The van der Waals surface area contributed by atoms with E-state index in [9.17, 15) is 4.79 Å². The molecule has 4 heteroatoms. The van der Waals surface area contributed by atoms with E-state index in [1.54, 1.807) is 7.11 Å². The molecule has 0 bridgehead atoms. The number of amides is 1. The van der Waals surface area contributed by atoms with Crippen molar-refractivity contribution in [2.45, 2.75) is 45.7 Å². The molecule has 0 aromatic heterocycles. The quantitative estimate of drug-likeness (QED) is 0.414. The molecule has 0 saturated carbocycles. The summed E-state index contributed by atoms with van der Waals surface area (Å²) < 4.78 is 5.32. The summed E-state index contributed by atoms with van der Waals surface area (Å²) >= 11 is 0. The van der Waals surface area contributed by atoms with Crippen molar-refractivity contribution in [2.24, 2.45) is 5.92 Å². The van der Waals surface area contributed by atoms with Gasteiger partial charge in [-0.15, -0.1) is 0 Å². The molecule has 2 heterocycles.